The maximum atomic E-state index is 4.91. The standard InChI is InChI=1S/C29H24N4/c1-5-13-24(14-6-1)22-32(27-17-9-3-10-18-27)30-21-26-23-33(28-19-11-4-12-20-28)31-29(26)25-15-7-2-8-16-25/h1-21,23H,22H2. The van der Waals surface area contributed by atoms with E-state index in [1.165, 1.54) is 5.56 Å². The third-order valence-electron chi connectivity index (χ3n) is 5.38. The Morgan fingerprint density at radius 2 is 1.27 bits per heavy atom. The van der Waals surface area contributed by atoms with E-state index in [4.69, 9.17) is 10.2 Å². The lowest BCUT2D eigenvalue weighted by Crippen LogP contribution is -2.16. The highest BCUT2D eigenvalue weighted by molar-refractivity contribution is 5.89. The smallest absolute Gasteiger partial charge is 0.102 e. The van der Waals surface area contributed by atoms with Crippen LogP contribution in [0, 0.1) is 0 Å². The van der Waals surface area contributed by atoms with Crippen LogP contribution in [-0.4, -0.2) is 16.0 Å². The minimum atomic E-state index is 0.675. The van der Waals surface area contributed by atoms with Crippen LogP contribution in [0.2, 0.25) is 0 Å². The van der Waals surface area contributed by atoms with Crippen LogP contribution in [0.15, 0.2) is 133 Å². The summed E-state index contributed by atoms with van der Waals surface area (Å²) in [5.41, 5.74) is 6.16. The Balaban J connectivity index is 1.54. The van der Waals surface area contributed by atoms with E-state index in [1.54, 1.807) is 0 Å². The van der Waals surface area contributed by atoms with Gasteiger partial charge in [-0.25, -0.2) is 4.68 Å². The predicted molar refractivity (Wildman–Crippen MR) is 136 cm³/mol. The van der Waals surface area contributed by atoms with Crippen LogP contribution < -0.4 is 5.01 Å². The molecule has 4 aromatic carbocycles. The number of rotatable bonds is 7. The van der Waals surface area contributed by atoms with Gasteiger partial charge in [0.05, 0.1) is 24.1 Å². The van der Waals surface area contributed by atoms with Crippen LogP contribution in [0.5, 0.6) is 0 Å². The molecule has 160 valence electrons. The van der Waals surface area contributed by atoms with Crippen LogP contribution in [0.4, 0.5) is 5.69 Å². The number of aromatic nitrogens is 2. The lowest BCUT2D eigenvalue weighted by atomic mass is 10.1. The fraction of sp³-hybridized carbons (Fsp3) is 0.0345. The quantitative estimate of drug-likeness (QED) is 0.217. The summed E-state index contributed by atoms with van der Waals surface area (Å²) < 4.78 is 1.91. The first-order valence-corrected chi connectivity index (χ1v) is 11.0. The second-order valence-corrected chi connectivity index (χ2v) is 7.70. The summed E-state index contributed by atoms with van der Waals surface area (Å²) in [5.74, 6) is 0. The van der Waals surface area contributed by atoms with Crippen molar-refractivity contribution in [2.45, 2.75) is 6.54 Å². The fourth-order valence-electron chi connectivity index (χ4n) is 3.70. The summed E-state index contributed by atoms with van der Waals surface area (Å²) >= 11 is 0. The Bertz CT molecular complexity index is 1310. The number of benzene rings is 4. The van der Waals surface area contributed by atoms with Crippen molar-refractivity contribution in [3.05, 3.63) is 139 Å². The van der Waals surface area contributed by atoms with Gasteiger partial charge in [0.15, 0.2) is 0 Å². The summed E-state index contributed by atoms with van der Waals surface area (Å²) in [6.45, 7) is 0.675. The van der Waals surface area contributed by atoms with Gasteiger partial charge in [-0.1, -0.05) is 97.1 Å². The molecular weight excluding hydrogens is 404 g/mol. The molecule has 0 saturated heterocycles. The summed E-state index contributed by atoms with van der Waals surface area (Å²) in [6, 6.07) is 41.0. The van der Waals surface area contributed by atoms with Crippen molar-refractivity contribution < 1.29 is 0 Å². The highest BCUT2D eigenvalue weighted by Crippen LogP contribution is 2.23. The molecule has 1 heterocycles. The minimum absolute atomic E-state index is 0.675. The number of nitrogens with zero attached hydrogens (tertiary/aromatic N) is 4. The molecule has 4 heteroatoms. The van der Waals surface area contributed by atoms with Crippen molar-refractivity contribution in [3.63, 3.8) is 0 Å². The third kappa shape index (κ3) is 4.91. The Morgan fingerprint density at radius 3 is 1.94 bits per heavy atom. The van der Waals surface area contributed by atoms with Crippen molar-refractivity contribution in [2.24, 2.45) is 5.10 Å². The van der Waals surface area contributed by atoms with Crippen LogP contribution in [-0.2, 0) is 6.54 Å². The number of hydrazone groups is 1. The lowest BCUT2D eigenvalue weighted by Gasteiger charge is -2.19. The van der Waals surface area contributed by atoms with Crippen molar-refractivity contribution in [3.8, 4) is 16.9 Å². The van der Waals surface area contributed by atoms with E-state index < -0.39 is 0 Å². The topological polar surface area (TPSA) is 33.4 Å². The maximum Gasteiger partial charge on any atom is 0.102 e. The van der Waals surface area contributed by atoms with Crippen molar-refractivity contribution in [1.82, 2.24) is 9.78 Å². The lowest BCUT2D eigenvalue weighted by molar-refractivity contribution is 0.858. The van der Waals surface area contributed by atoms with E-state index in [0.717, 1.165) is 28.2 Å². The van der Waals surface area contributed by atoms with Gasteiger partial charge >= 0.3 is 0 Å². The predicted octanol–water partition coefficient (Wildman–Crippen LogP) is 6.58. The first kappa shape index (κ1) is 20.5. The Kier molecular flexibility index (Phi) is 6.07. The SMILES string of the molecule is C(=NN(Cc1ccccc1)c1ccccc1)c1cn(-c2ccccc2)nc1-c1ccccc1. The minimum Gasteiger partial charge on any atom is -0.261 e. The molecule has 1 aromatic heterocycles. The molecule has 0 spiro atoms. The van der Waals surface area contributed by atoms with E-state index in [9.17, 15) is 0 Å². The van der Waals surface area contributed by atoms with Crippen molar-refractivity contribution in [2.75, 3.05) is 5.01 Å². The summed E-state index contributed by atoms with van der Waals surface area (Å²) in [4.78, 5) is 0. The second kappa shape index (κ2) is 9.79. The monoisotopic (exact) mass is 428 g/mol. The molecule has 0 fully saturated rings. The molecule has 0 aliphatic carbocycles. The fourth-order valence-corrected chi connectivity index (χ4v) is 3.70. The highest BCUT2D eigenvalue weighted by Gasteiger charge is 2.12. The zero-order chi connectivity index (χ0) is 22.3. The van der Waals surface area contributed by atoms with Crippen LogP contribution in [0.3, 0.4) is 0 Å². The van der Waals surface area contributed by atoms with Gasteiger partial charge in [0, 0.05) is 17.3 Å². The Labute approximate surface area is 194 Å². The molecule has 0 saturated carbocycles. The molecule has 0 radical (unpaired) electrons. The average Bonchev–Trinajstić information content (AvgIpc) is 3.33. The van der Waals surface area contributed by atoms with Gasteiger partial charge in [-0.15, -0.1) is 0 Å². The highest BCUT2D eigenvalue weighted by atomic mass is 15.4. The van der Waals surface area contributed by atoms with Gasteiger partial charge in [0.1, 0.15) is 5.69 Å². The van der Waals surface area contributed by atoms with E-state index in [0.29, 0.717) is 6.54 Å². The number of anilines is 1. The van der Waals surface area contributed by atoms with Gasteiger partial charge in [0.25, 0.3) is 0 Å². The van der Waals surface area contributed by atoms with Crippen LogP contribution in [0.25, 0.3) is 16.9 Å². The zero-order valence-electron chi connectivity index (χ0n) is 18.2. The molecule has 4 nitrogen and oxygen atoms in total. The second-order valence-electron chi connectivity index (χ2n) is 7.70. The number of para-hydroxylation sites is 2. The van der Waals surface area contributed by atoms with Crippen molar-refractivity contribution in [1.29, 1.82) is 0 Å². The van der Waals surface area contributed by atoms with Crippen molar-refractivity contribution >= 4 is 11.9 Å². The molecule has 0 amide bonds. The molecule has 0 unspecified atom stereocenters. The normalized spacial score (nSPS) is 11.0. The van der Waals surface area contributed by atoms with E-state index in [-0.39, 0.29) is 0 Å². The number of hydrogen-bond acceptors (Lipinski definition) is 3. The third-order valence-corrected chi connectivity index (χ3v) is 5.38. The summed E-state index contributed by atoms with van der Waals surface area (Å²) in [7, 11) is 0. The first-order chi connectivity index (χ1) is 16.4. The maximum absolute atomic E-state index is 4.91. The van der Waals surface area contributed by atoms with Gasteiger partial charge < -0.3 is 0 Å². The molecule has 5 aromatic rings. The van der Waals surface area contributed by atoms with E-state index in [1.807, 2.05) is 94.9 Å². The molecule has 0 N–H and O–H groups in total. The molecule has 0 aliphatic heterocycles. The summed E-state index contributed by atoms with van der Waals surface area (Å²) in [6.07, 6.45) is 3.94. The number of hydrogen-bond donors (Lipinski definition) is 0. The molecule has 0 bridgehead atoms. The van der Waals surface area contributed by atoms with Gasteiger partial charge in [0.2, 0.25) is 0 Å². The first-order valence-electron chi connectivity index (χ1n) is 11.0. The molecule has 0 atom stereocenters. The zero-order valence-corrected chi connectivity index (χ0v) is 18.2. The van der Waals surface area contributed by atoms with E-state index >= 15 is 0 Å². The van der Waals surface area contributed by atoms with Gasteiger partial charge in [-0.2, -0.15) is 10.2 Å². The van der Waals surface area contributed by atoms with Gasteiger partial charge in [-0.05, 0) is 29.8 Å². The van der Waals surface area contributed by atoms with Gasteiger partial charge in [-0.3, -0.25) is 5.01 Å². The molecular formula is C29H24N4. The Morgan fingerprint density at radius 1 is 0.697 bits per heavy atom. The van der Waals surface area contributed by atoms with Crippen LogP contribution in [0.1, 0.15) is 11.1 Å². The largest absolute Gasteiger partial charge is 0.261 e. The Hall–Kier alpha value is -4.44. The van der Waals surface area contributed by atoms with E-state index in [2.05, 4.69) is 48.5 Å². The molecule has 5 rings (SSSR count). The summed E-state index contributed by atoms with van der Waals surface area (Å²) in [5, 5.41) is 11.8. The molecule has 0 aliphatic rings. The average molecular weight is 429 g/mol. The molecule has 33 heavy (non-hydrogen) atoms. The van der Waals surface area contributed by atoms with Crippen LogP contribution >= 0.6 is 0 Å².